The molecule has 0 N–H and O–H groups in total. The molecule has 0 atom stereocenters. The lowest BCUT2D eigenvalue weighted by Crippen LogP contribution is -2.27. The van der Waals surface area contributed by atoms with Gasteiger partial charge in [0.25, 0.3) is 0 Å². The molecule has 134 valence electrons. The quantitative estimate of drug-likeness (QED) is 0.707. The molecule has 0 unspecified atom stereocenters. The van der Waals surface area contributed by atoms with Crippen LogP contribution in [0.5, 0.6) is 5.75 Å². The van der Waals surface area contributed by atoms with E-state index in [-0.39, 0.29) is 17.2 Å². The third kappa shape index (κ3) is 4.43. The molecule has 2 aromatic rings. The fourth-order valence-corrected chi connectivity index (χ4v) is 3.48. The first-order valence-corrected chi connectivity index (χ1v) is 9.18. The van der Waals surface area contributed by atoms with Crippen molar-refractivity contribution >= 4 is 15.8 Å². The van der Waals surface area contributed by atoms with Crippen molar-refractivity contribution in [3.8, 4) is 5.75 Å². The zero-order chi connectivity index (χ0) is 18.6. The molecule has 2 aromatic carbocycles. The number of carbonyl (C=O) groups is 1. The minimum atomic E-state index is -3.79. The SMILES string of the molecule is CCOc1ccc(C(C)=O)cc1CN(C)S(=O)(=O)c1ccc(F)cc1. The van der Waals surface area contributed by atoms with E-state index < -0.39 is 15.8 Å². The topological polar surface area (TPSA) is 63.7 Å². The monoisotopic (exact) mass is 365 g/mol. The van der Waals surface area contributed by atoms with Crippen molar-refractivity contribution in [3.63, 3.8) is 0 Å². The van der Waals surface area contributed by atoms with Gasteiger partial charge in [0.15, 0.2) is 5.78 Å². The number of nitrogens with zero attached hydrogens (tertiary/aromatic N) is 1. The van der Waals surface area contributed by atoms with Crippen molar-refractivity contribution < 1.29 is 22.3 Å². The molecule has 0 radical (unpaired) electrons. The molecule has 0 aliphatic carbocycles. The van der Waals surface area contributed by atoms with Crippen molar-refractivity contribution in [2.45, 2.75) is 25.3 Å². The summed E-state index contributed by atoms with van der Waals surface area (Å²) in [4.78, 5) is 11.6. The van der Waals surface area contributed by atoms with E-state index in [0.29, 0.717) is 23.5 Å². The second-order valence-electron chi connectivity index (χ2n) is 5.53. The molecule has 0 amide bonds. The van der Waals surface area contributed by atoms with Gasteiger partial charge in [0.05, 0.1) is 11.5 Å². The van der Waals surface area contributed by atoms with Crippen molar-refractivity contribution in [1.82, 2.24) is 4.31 Å². The molecule has 0 aromatic heterocycles. The lowest BCUT2D eigenvalue weighted by atomic mass is 10.1. The highest BCUT2D eigenvalue weighted by Crippen LogP contribution is 2.25. The highest BCUT2D eigenvalue weighted by atomic mass is 32.2. The fourth-order valence-electron chi connectivity index (χ4n) is 2.33. The van der Waals surface area contributed by atoms with Gasteiger partial charge in [-0.1, -0.05) is 0 Å². The largest absolute Gasteiger partial charge is 0.494 e. The summed E-state index contributed by atoms with van der Waals surface area (Å²) in [5.74, 6) is -0.101. The van der Waals surface area contributed by atoms with E-state index in [4.69, 9.17) is 4.74 Å². The maximum absolute atomic E-state index is 13.0. The first-order valence-electron chi connectivity index (χ1n) is 7.74. The number of hydrogen-bond donors (Lipinski definition) is 0. The fraction of sp³-hybridized carbons (Fsp3) is 0.278. The number of benzene rings is 2. The van der Waals surface area contributed by atoms with Crippen LogP contribution in [0.3, 0.4) is 0 Å². The van der Waals surface area contributed by atoms with Crippen molar-refractivity contribution in [2.75, 3.05) is 13.7 Å². The summed E-state index contributed by atoms with van der Waals surface area (Å²) in [5.41, 5.74) is 1.06. The summed E-state index contributed by atoms with van der Waals surface area (Å²) < 4.78 is 45.0. The Morgan fingerprint density at radius 1 is 1.16 bits per heavy atom. The van der Waals surface area contributed by atoms with Crippen molar-refractivity contribution in [3.05, 3.63) is 59.4 Å². The molecule has 7 heteroatoms. The summed E-state index contributed by atoms with van der Waals surface area (Å²) in [7, 11) is -2.37. The second-order valence-corrected chi connectivity index (χ2v) is 7.57. The van der Waals surface area contributed by atoms with E-state index >= 15 is 0 Å². The summed E-state index contributed by atoms with van der Waals surface area (Å²) >= 11 is 0. The van der Waals surface area contributed by atoms with Gasteiger partial charge in [0.2, 0.25) is 10.0 Å². The van der Waals surface area contributed by atoms with Crippen LogP contribution in [0.1, 0.15) is 29.8 Å². The van der Waals surface area contributed by atoms with Crippen molar-refractivity contribution in [1.29, 1.82) is 0 Å². The Balaban J connectivity index is 2.35. The number of carbonyl (C=O) groups excluding carboxylic acids is 1. The van der Waals surface area contributed by atoms with Crippen LogP contribution in [0.25, 0.3) is 0 Å². The maximum Gasteiger partial charge on any atom is 0.243 e. The van der Waals surface area contributed by atoms with Crippen LogP contribution in [-0.2, 0) is 16.6 Å². The Labute approximate surface area is 147 Å². The molecule has 0 bridgehead atoms. The van der Waals surface area contributed by atoms with Crippen molar-refractivity contribution in [2.24, 2.45) is 0 Å². The Morgan fingerprint density at radius 3 is 2.36 bits per heavy atom. The molecule has 5 nitrogen and oxygen atoms in total. The van der Waals surface area contributed by atoms with Gasteiger partial charge in [-0.05, 0) is 56.3 Å². The average Bonchev–Trinajstić information content (AvgIpc) is 2.56. The molecule has 2 rings (SSSR count). The minimum absolute atomic E-state index is 0.00270. The third-order valence-electron chi connectivity index (χ3n) is 3.68. The zero-order valence-electron chi connectivity index (χ0n) is 14.3. The third-order valence-corrected chi connectivity index (χ3v) is 5.50. The summed E-state index contributed by atoms with van der Waals surface area (Å²) in [6.07, 6.45) is 0. The van der Waals surface area contributed by atoms with Crippen LogP contribution < -0.4 is 4.74 Å². The van der Waals surface area contributed by atoms with Crippen LogP contribution >= 0.6 is 0 Å². The van der Waals surface area contributed by atoms with Gasteiger partial charge in [-0.3, -0.25) is 4.79 Å². The van der Waals surface area contributed by atoms with Gasteiger partial charge in [-0.15, -0.1) is 0 Å². The summed E-state index contributed by atoms with van der Waals surface area (Å²) in [5, 5.41) is 0. The predicted molar refractivity (Wildman–Crippen MR) is 92.7 cm³/mol. The number of hydrogen-bond acceptors (Lipinski definition) is 4. The van der Waals surface area contributed by atoms with E-state index in [1.807, 2.05) is 6.92 Å². The van der Waals surface area contributed by atoms with Crippen LogP contribution in [0.15, 0.2) is 47.4 Å². The zero-order valence-corrected chi connectivity index (χ0v) is 15.1. The molecule has 0 saturated carbocycles. The number of halogens is 1. The van der Waals surface area contributed by atoms with Crippen LogP contribution in [0.2, 0.25) is 0 Å². The Morgan fingerprint density at radius 2 is 1.80 bits per heavy atom. The number of ether oxygens (including phenoxy) is 1. The van der Waals surface area contributed by atoms with E-state index in [9.17, 15) is 17.6 Å². The van der Waals surface area contributed by atoms with Gasteiger partial charge in [0, 0.05) is 24.7 Å². The number of rotatable bonds is 7. The highest BCUT2D eigenvalue weighted by molar-refractivity contribution is 7.89. The van der Waals surface area contributed by atoms with E-state index in [0.717, 1.165) is 16.4 Å². The van der Waals surface area contributed by atoms with Gasteiger partial charge in [-0.25, -0.2) is 12.8 Å². The van der Waals surface area contributed by atoms with Gasteiger partial charge < -0.3 is 4.74 Å². The Hall–Kier alpha value is -2.25. The first kappa shape index (κ1) is 19.1. The lowest BCUT2D eigenvalue weighted by Gasteiger charge is -2.19. The van der Waals surface area contributed by atoms with E-state index in [2.05, 4.69) is 0 Å². The van der Waals surface area contributed by atoms with Gasteiger partial charge >= 0.3 is 0 Å². The Kier molecular flexibility index (Phi) is 5.92. The molecule has 25 heavy (non-hydrogen) atoms. The summed E-state index contributed by atoms with van der Waals surface area (Å²) in [6, 6.07) is 9.57. The lowest BCUT2D eigenvalue weighted by molar-refractivity contribution is 0.101. The maximum atomic E-state index is 13.0. The highest BCUT2D eigenvalue weighted by Gasteiger charge is 2.22. The standard InChI is InChI=1S/C18H20FNO4S/c1-4-24-18-10-5-14(13(2)21)11-15(18)12-20(3)25(22,23)17-8-6-16(19)7-9-17/h5-11H,4,12H2,1-3H3. The number of sulfonamides is 1. The molecule has 0 fully saturated rings. The van der Waals surface area contributed by atoms with Crippen LogP contribution in [0, 0.1) is 5.82 Å². The van der Waals surface area contributed by atoms with E-state index in [1.54, 1.807) is 18.2 Å². The summed E-state index contributed by atoms with van der Waals surface area (Å²) in [6.45, 7) is 3.71. The second kappa shape index (κ2) is 7.76. The predicted octanol–water partition coefficient (Wildman–Crippen LogP) is 3.25. The van der Waals surface area contributed by atoms with Gasteiger partial charge in [-0.2, -0.15) is 4.31 Å². The molecule has 0 heterocycles. The minimum Gasteiger partial charge on any atom is -0.494 e. The van der Waals surface area contributed by atoms with Crippen LogP contribution in [-0.4, -0.2) is 32.2 Å². The molecule has 0 spiro atoms. The molecule has 0 aliphatic rings. The molecular weight excluding hydrogens is 345 g/mol. The molecule has 0 saturated heterocycles. The van der Waals surface area contributed by atoms with Gasteiger partial charge in [0.1, 0.15) is 11.6 Å². The number of ketones is 1. The Bertz CT molecular complexity index is 863. The normalized spacial score (nSPS) is 11.6. The molecule has 0 aliphatic heterocycles. The first-order chi connectivity index (χ1) is 11.8. The average molecular weight is 365 g/mol. The molecular formula is C18H20FNO4S. The number of Topliss-reactive ketones (excluding diaryl/α,β-unsaturated/α-hetero) is 1. The van der Waals surface area contributed by atoms with Crippen LogP contribution in [0.4, 0.5) is 4.39 Å². The smallest absolute Gasteiger partial charge is 0.243 e. The van der Waals surface area contributed by atoms with E-state index in [1.165, 1.54) is 26.1 Å².